The molecule has 1 saturated heterocycles. The Balaban J connectivity index is 1.62. The first kappa shape index (κ1) is 14.9. The van der Waals surface area contributed by atoms with Crippen LogP contribution in [0.1, 0.15) is 49.8 Å². The van der Waals surface area contributed by atoms with Crippen molar-refractivity contribution in [3.8, 4) is 0 Å². The van der Waals surface area contributed by atoms with Gasteiger partial charge < -0.3 is 14.7 Å². The van der Waals surface area contributed by atoms with E-state index in [4.69, 9.17) is 4.74 Å². The minimum Gasteiger partial charge on any atom is -0.384 e. The first-order chi connectivity index (χ1) is 10.2. The lowest BCUT2D eigenvalue weighted by atomic mass is 9.79. The summed E-state index contributed by atoms with van der Waals surface area (Å²) in [6.07, 6.45) is 8.31. The Bertz CT molecular complexity index is 446. The lowest BCUT2D eigenvalue weighted by Gasteiger charge is -2.39. The quantitative estimate of drug-likeness (QED) is 0.925. The molecule has 1 saturated carbocycles. The number of likely N-dealkylation sites (tertiary alicyclic amines) is 1. The first-order valence-corrected chi connectivity index (χ1v) is 8.12. The van der Waals surface area contributed by atoms with Gasteiger partial charge in [0.1, 0.15) is 5.60 Å². The second-order valence-corrected chi connectivity index (χ2v) is 6.49. The number of pyridine rings is 1. The highest BCUT2D eigenvalue weighted by atomic mass is 16.5. The van der Waals surface area contributed by atoms with Crippen LogP contribution in [0.3, 0.4) is 0 Å². The van der Waals surface area contributed by atoms with Crippen LogP contribution in [-0.2, 0) is 16.9 Å². The number of nitrogens with zero attached hydrogens (tertiary/aromatic N) is 2. The van der Waals surface area contributed by atoms with E-state index in [1.165, 1.54) is 25.9 Å². The van der Waals surface area contributed by atoms with Crippen molar-refractivity contribution in [3.05, 3.63) is 29.6 Å². The van der Waals surface area contributed by atoms with Gasteiger partial charge in [-0.15, -0.1) is 0 Å². The van der Waals surface area contributed by atoms with Gasteiger partial charge in [-0.05, 0) is 63.2 Å². The van der Waals surface area contributed by atoms with Gasteiger partial charge in [-0.3, -0.25) is 4.98 Å². The van der Waals surface area contributed by atoms with Gasteiger partial charge in [-0.2, -0.15) is 0 Å². The van der Waals surface area contributed by atoms with Crippen LogP contribution in [-0.4, -0.2) is 41.2 Å². The molecule has 1 aromatic rings. The third kappa shape index (κ3) is 3.28. The maximum Gasteiger partial charge on any atom is 0.107 e. The first-order valence-electron chi connectivity index (χ1n) is 8.12. The van der Waals surface area contributed by atoms with E-state index in [9.17, 15) is 5.11 Å². The van der Waals surface area contributed by atoms with Crippen molar-refractivity contribution in [2.75, 3.05) is 20.2 Å². The zero-order valence-electron chi connectivity index (χ0n) is 12.9. The fourth-order valence-electron chi connectivity index (χ4n) is 3.76. The summed E-state index contributed by atoms with van der Waals surface area (Å²) in [7, 11) is 1.68. The molecule has 0 unspecified atom stereocenters. The van der Waals surface area contributed by atoms with E-state index in [2.05, 4.69) is 9.88 Å². The van der Waals surface area contributed by atoms with Gasteiger partial charge in [0.05, 0.1) is 12.3 Å². The van der Waals surface area contributed by atoms with Crippen LogP contribution in [0.4, 0.5) is 0 Å². The molecular formula is C17H26N2O2. The number of hydrogen-bond donors (Lipinski definition) is 1. The smallest absolute Gasteiger partial charge is 0.107 e. The fraction of sp³-hybridized carbons (Fsp3) is 0.706. The Morgan fingerprint density at radius 3 is 2.57 bits per heavy atom. The highest BCUT2D eigenvalue weighted by Crippen LogP contribution is 2.38. The molecule has 0 radical (unpaired) electrons. The molecule has 2 heterocycles. The van der Waals surface area contributed by atoms with E-state index < -0.39 is 5.60 Å². The molecule has 1 aromatic heterocycles. The highest BCUT2D eigenvalue weighted by molar-refractivity contribution is 5.19. The van der Waals surface area contributed by atoms with Crippen LogP contribution in [0.25, 0.3) is 0 Å². The Labute approximate surface area is 127 Å². The van der Waals surface area contributed by atoms with Crippen LogP contribution in [0, 0.1) is 0 Å². The summed E-state index contributed by atoms with van der Waals surface area (Å²) >= 11 is 0. The molecule has 0 aromatic carbocycles. The number of aromatic nitrogens is 1. The van der Waals surface area contributed by atoms with Crippen molar-refractivity contribution in [2.45, 2.75) is 56.8 Å². The van der Waals surface area contributed by atoms with Gasteiger partial charge in [0.15, 0.2) is 0 Å². The van der Waals surface area contributed by atoms with Gasteiger partial charge in [0.2, 0.25) is 0 Å². The zero-order valence-corrected chi connectivity index (χ0v) is 12.9. The van der Waals surface area contributed by atoms with E-state index in [0.29, 0.717) is 12.6 Å². The molecule has 21 heavy (non-hydrogen) atoms. The fourth-order valence-corrected chi connectivity index (χ4v) is 3.76. The second-order valence-electron chi connectivity index (χ2n) is 6.49. The van der Waals surface area contributed by atoms with E-state index in [1.54, 1.807) is 7.11 Å². The number of aliphatic hydroxyl groups is 1. The lowest BCUT2D eigenvalue weighted by Crippen LogP contribution is -2.41. The van der Waals surface area contributed by atoms with Gasteiger partial charge in [0.25, 0.3) is 0 Å². The number of rotatable bonds is 4. The van der Waals surface area contributed by atoms with Crippen LogP contribution in [0.2, 0.25) is 0 Å². The molecule has 3 rings (SSSR count). The SMILES string of the molecule is COCc1ccc(C2(O)CCC(N3CCCC3)CC2)nc1. The summed E-state index contributed by atoms with van der Waals surface area (Å²) in [6.45, 7) is 3.06. The third-order valence-electron chi connectivity index (χ3n) is 5.05. The normalized spacial score (nSPS) is 30.7. The molecule has 4 nitrogen and oxygen atoms in total. The van der Waals surface area contributed by atoms with Crippen molar-refractivity contribution in [2.24, 2.45) is 0 Å². The largest absolute Gasteiger partial charge is 0.384 e. The number of ether oxygens (including phenoxy) is 1. The number of methoxy groups -OCH3 is 1. The zero-order chi connectivity index (χ0) is 14.7. The van der Waals surface area contributed by atoms with E-state index in [-0.39, 0.29) is 0 Å². The molecule has 4 heteroatoms. The van der Waals surface area contributed by atoms with E-state index in [0.717, 1.165) is 36.9 Å². The minimum absolute atomic E-state index is 0.572. The molecular weight excluding hydrogens is 264 g/mol. The monoisotopic (exact) mass is 290 g/mol. The summed E-state index contributed by atoms with van der Waals surface area (Å²) in [5.41, 5.74) is 1.14. The van der Waals surface area contributed by atoms with Crippen LogP contribution in [0.5, 0.6) is 0 Å². The van der Waals surface area contributed by atoms with Crippen LogP contribution >= 0.6 is 0 Å². The van der Waals surface area contributed by atoms with Crippen molar-refractivity contribution >= 4 is 0 Å². The predicted molar refractivity (Wildman–Crippen MR) is 81.9 cm³/mol. The van der Waals surface area contributed by atoms with Crippen molar-refractivity contribution < 1.29 is 9.84 Å². The van der Waals surface area contributed by atoms with Gasteiger partial charge in [-0.1, -0.05) is 6.07 Å². The minimum atomic E-state index is -0.734. The Kier molecular flexibility index (Phi) is 4.57. The molecule has 2 fully saturated rings. The Morgan fingerprint density at radius 2 is 2.00 bits per heavy atom. The van der Waals surface area contributed by atoms with Crippen molar-refractivity contribution in [3.63, 3.8) is 0 Å². The maximum atomic E-state index is 10.9. The van der Waals surface area contributed by atoms with Gasteiger partial charge in [0, 0.05) is 19.3 Å². The summed E-state index contributed by atoms with van der Waals surface area (Å²) < 4.78 is 5.10. The molecule has 0 atom stereocenters. The maximum absolute atomic E-state index is 10.9. The van der Waals surface area contributed by atoms with Crippen molar-refractivity contribution in [1.82, 2.24) is 9.88 Å². The average molecular weight is 290 g/mol. The summed E-state index contributed by atoms with van der Waals surface area (Å²) in [6, 6.07) is 4.64. The van der Waals surface area contributed by atoms with Crippen molar-refractivity contribution in [1.29, 1.82) is 0 Å². The Morgan fingerprint density at radius 1 is 1.29 bits per heavy atom. The number of hydrogen-bond acceptors (Lipinski definition) is 4. The summed E-state index contributed by atoms with van der Waals surface area (Å²) in [5, 5.41) is 10.9. The highest BCUT2D eigenvalue weighted by Gasteiger charge is 2.38. The second kappa shape index (κ2) is 6.42. The third-order valence-corrected chi connectivity index (χ3v) is 5.05. The molecule has 0 spiro atoms. The standard InChI is InChI=1S/C17H26N2O2/c1-21-13-14-4-5-16(18-12-14)17(20)8-6-15(7-9-17)19-10-2-3-11-19/h4-5,12,15,20H,2-3,6-11,13H2,1H3. The molecule has 0 amide bonds. The van der Waals surface area contributed by atoms with Gasteiger partial charge >= 0.3 is 0 Å². The molecule has 0 bridgehead atoms. The van der Waals surface area contributed by atoms with E-state index in [1.807, 2.05) is 18.3 Å². The molecule has 1 aliphatic carbocycles. The lowest BCUT2D eigenvalue weighted by molar-refractivity contribution is -0.0256. The summed E-state index contributed by atoms with van der Waals surface area (Å²) in [4.78, 5) is 7.08. The Hall–Kier alpha value is -0.970. The van der Waals surface area contributed by atoms with Crippen LogP contribution in [0.15, 0.2) is 18.3 Å². The van der Waals surface area contributed by atoms with Gasteiger partial charge in [-0.25, -0.2) is 0 Å². The average Bonchev–Trinajstić information content (AvgIpc) is 3.03. The molecule has 2 aliphatic rings. The van der Waals surface area contributed by atoms with E-state index >= 15 is 0 Å². The molecule has 116 valence electrons. The molecule has 1 aliphatic heterocycles. The molecule has 1 N–H and O–H groups in total. The topological polar surface area (TPSA) is 45.6 Å². The predicted octanol–water partition coefficient (Wildman–Crippen LogP) is 2.45. The summed E-state index contributed by atoms with van der Waals surface area (Å²) in [5.74, 6) is 0. The van der Waals surface area contributed by atoms with Crippen LogP contribution < -0.4 is 0 Å².